The van der Waals surface area contributed by atoms with Crippen LogP contribution >= 0.6 is 0 Å². The quantitative estimate of drug-likeness (QED) is 0.134. The Morgan fingerprint density at radius 1 is 0.579 bits per heavy atom. The van der Waals surface area contributed by atoms with Gasteiger partial charge in [-0.2, -0.15) is 0 Å². The molecule has 2 aliphatic heterocycles. The third kappa shape index (κ3) is 7.45. The van der Waals surface area contributed by atoms with Crippen LogP contribution in [0.5, 0.6) is 0 Å². The minimum absolute atomic E-state index is 0.153. The molecule has 2 amide bonds. The summed E-state index contributed by atoms with van der Waals surface area (Å²) in [5, 5.41) is 83.2. The molecule has 214 valence electrons. The molecule has 2 heterocycles. The van der Waals surface area contributed by atoms with E-state index >= 15 is 0 Å². The fourth-order valence-electron chi connectivity index (χ4n) is 4.38. The van der Waals surface area contributed by atoms with Crippen molar-refractivity contribution in [3.8, 4) is 0 Å². The molecule has 10 N–H and O–H groups in total. The molecule has 1 aromatic rings. The van der Waals surface area contributed by atoms with E-state index in [1.54, 1.807) is 24.3 Å². The second-order valence-corrected chi connectivity index (χ2v) is 9.51. The van der Waals surface area contributed by atoms with Crippen LogP contribution in [0.4, 0.5) is 0 Å². The van der Waals surface area contributed by atoms with Gasteiger partial charge in [-0.1, -0.05) is 24.3 Å². The van der Waals surface area contributed by atoms with Gasteiger partial charge in [0.2, 0.25) is 11.8 Å². The fourth-order valence-corrected chi connectivity index (χ4v) is 4.38. The molecule has 14 nitrogen and oxygen atoms in total. The van der Waals surface area contributed by atoms with Crippen molar-refractivity contribution in [3.63, 3.8) is 0 Å². The van der Waals surface area contributed by atoms with Crippen molar-refractivity contribution in [1.82, 2.24) is 10.6 Å². The minimum Gasteiger partial charge on any atom is -0.394 e. The highest BCUT2D eigenvalue weighted by Gasteiger charge is 2.45. The second-order valence-electron chi connectivity index (χ2n) is 9.51. The Hall–Kier alpha value is -2.24. The number of hydrogen-bond donors (Lipinski definition) is 10. The van der Waals surface area contributed by atoms with E-state index < -0.39 is 86.1 Å². The molecule has 3 rings (SSSR count). The predicted molar refractivity (Wildman–Crippen MR) is 127 cm³/mol. The first kappa shape index (κ1) is 30.3. The van der Waals surface area contributed by atoms with Crippen LogP contribution in [-0.4, -0.2) is 127 Å². The number of carbonyl (C=O) groups is 2. The molecule has 2 saturated heterocycles. The molecule has 10 atom stereocenters. The molecule has 0 unspecified atom stereocenters. The van der Waals surface area contributed by atoms with Crippen LogP contribution in [0, 0.1) is 0 Å². The topological polar surface area (TPSA) is 238 Å². The van der Waals surface area contributed by atoms with Gasteiger partial charge >= 0.3 is 0 Å². The van der Waals surface area contributed by atoms with E-state index in [0.29, 0.717) is 0 Å². The summed E-state index contributed by atoms with van der Waals surface area (Å²) in [6.45, 7) is -0.854. The van der Waals surface area contributed by atoms with Crippen molar-refractivity contribution >= 4 is 11.8 Å². The van der Waals surface area contributed by atoms with Crippen LogP contribution in [0.3, 0.4) is 0 Å². The van der Waals surface area contributed by atoms with E-state index in [0.717, 1.165) is 11.1 Å². The third-order valence-corrected chi connectivity index (χ3v) is 6.76. The molecule has 2 fully saturated rings. The molecule has 1 aromatic carbocycles. The average molecular weight is 545 g/mol. The Morgan fingerprint density at radius 3 is 1.21 bits per heavy atom. The van der Waals surface area contributed by atoms with E-state index in [4.69, 9.17) is 9.47 Å². The van der Waals surface area contributed by atoms with Gasteiger partial charge in [0.05, 0.1) is 38.3 Å². The number of benzene rings is 1. The predicted octanol–water partition coefficient (Wildman–Crippen LogP) is -4.62. The van der Waals surface area contributed by atoms with Crippen molar-refractivity contribution in [3.05, 3.63) is 35.4 Å². The Balaban J connectivity index is 1.42. The summed E-state index contributed by atoms with van der Waals surface area (Å²) in [7, 11) is 0. The fraction of sp³-hybridized carbons (Fsp3) is 0.667. The highest BCUT2D eigenvalue weighted by atomic mass is 16.6. The number of carbonyl (C=O) groups excluding carboxylic acids is 2. The van der Waals surface area contributed by atoms with Gasteiger partial charge in [-0.25, -0.2) is 0 Å². The second kappa shape index (κ2) is 13.7. The molecule has 38 heavy (non-hydrogen) atoms. The summed E-state index contributed by atoms with van der Waals surface area (Å²) in [6.07, 6.45) is -14.0. The largest absolute Gasteiger partial charge is 0.394 e. The summed E-state index contributed by atoms with van der Waals surface area (Å²) >= 11 is 0. The molecule has 0 spiro atoms. The molecular formula is C24H36N2O12. The normalized spacial score (nSPS) is 35.5. The number of ether oxygens (including phenoxy) is 2. The molecular weight excluding hydrogens is 508 g/mol. The first-order valence-electron chi connectivity index (χ1n) is 12.3. The maximum Gasteiger partial charge on any atom is 0.222 e. The molecule has 0 aromatic heterocycles. The third-order valence-electron chi connectivity index (χ3n) is 6.76. The van der Waals surface area contributed by atoms with Gasteiger partial charge in [-0.05, 0) is 11.1 Å². The monoisotopic (exact) mass is 544 g/mol. The maximum absolute atomic E-state index is 12.3. The Bertz CT molecular complexity index is 841. The lowest BCUT2D eigenvalue weighted by Crippen LogP contribution is -2.59. The number of rotatable bonds is 10. The van der Waals surface area contributed by atoms with Crippen LogP contribution in [0.15, 0.2) is 24.3 Å². The number of hydrogen-bond acceptors (Lipinski definition) is 12. The van der Waals surface area contributed by atoms with E-state index in [-0.39, 0.29) is 25.9 Å². The number of aliphatic hydroxyl groups is 8. The van der Waals surface area contributed by atoms with Gasteiger partial charge in [0.1, 0.15) is 48.8 Å². The Labute approximate surface area is 218 Å². The molecule has 0 bridgehead atoms. The smallest absolute Gasteiger partial charge is 0.222 e. The Kier molecular flexibility index (Phi) is 10.9. The zero-order valence-corrected chi connectivity index (χ0v) is 20.5. The molecule has 14 heteroatoms. The van der Waals surface area contributed by atoms with Crippen molar-refractivity contribution in [2.24, 2.45) is 0 Å². The van der Waals surface area contributed by atoms with Crippen LogP contribution < -0.4 is 10.6 Å². The first-order valence-corrected chi connectivity index (χ1v) is 12.3. The van der Waals surface area contributed by atoms with Gasteiger partial charge in [-0.15, -0.1) is 0 Å². The lowest BCUT2D eigenvalue weighted by molar-refractivity contribution is -0.229. The highest BCUT2D eigenvalue weighted by molar-refractivity contribution is 5.77. The highest BCUT2D eigenvalue weighted by Crippen LogP contribution is 2.24. The lowest BCUT2D eigenvalue weighted by atomic mass is 9.93. The zero-order chi connectivity index (χ0) is 28.0. The van der Waals surface area contributed by atoms with E-state index in [1.807, 2.05) is 0 Å². The van der Waals surface area contributed by atoms with Crippen LogP contribution in [-0.2, 0) is 32.2 Å². The van der Waals surface area contributed by atoms with Gasteiger partial charge in [-0.3, -0.25) is 9.59 Å². The number of aliphatic hydroxyl groups excluding tert-OH is 8. The van der Waals surface area contributed by atoms with Gasteiger partial charge in [0, 0.05) is 13.1 Å². The average Bonchev–Trinajstić information content (AvgIpc) is 2.91. The van der Waals surface area contributed by atoms with Crippen molar-refractivity contribution in [2.45, 2.75) is 87.0 Å². The molecule has 0 saturated carbocycles. The van der Waals surface area contributed by atoms with Crippen molar-refractivity contribution in [1.29, 1.82) is 0 Å². The van der Waals surface area contributed by atoms with Crippen LogP contribution in [0.1, 0.15) is 24.0 Å². The summed E-state index contributed by atoms with van der Waals surface area (Å²) in [5.74, 6) is -0.947. The summed E-state index contributed by atoms with van der Waals surface area (Å²) in [6, 6.07) is 6.92. The Morgan fingerprint density at radius 2 is 0.895 bits per heavy atom. The first-order chi connectivity index (χ1) is 18.0. The van der Waals surface area contributed by atoms with Crippen LogP contribution in [0.2, 0.25) is 0 Å². The van der Waals surface area contributed by atoms with Crippen molar-refractivity contribution < 1.29 is 59.9 Å². The summed E-state index contributed by atoms with van der Waals surface area (Å²) < 4.78 is 10.7. The summed E-state index contributed by atoms with van der Waals surface area (Å²) in [4.78, 5) is 24.6. The molecule has 0 aliphatic carbocycles. The molecule has 0 radical (unpaired) electrons. The molecule has 2 aliphatic rings. The van der Waals surface area contributed by atoms with Gasteiger partial charge in [0.25, 0.3) is 0 Å². The minimum atomic E-state index is -1.55. The zero-order valence-electron chi connectivity index (χ0n) is 20.5. The van der Waals surface area contributed by atoms with E-state index in [1.165, 1.54) is 0 Å². The number of nitrogens with one attached hydrogen (secondary N) is 2. The van der Waals surface area contributed by atoms with Gasteiger partial charge < -0.3 is 61.0 Å². The number of amides is 2. The van der Waals surface area contributed by atoms with E-state index in [2.05, 4.69) is 10.6 Å². The lowest BCUT2D eigenvalue weighted by Gasteiger charge is -2.39. The van der Waals surface area contributed by atoms with Crippen LogP contribution in [0.25, 0.3) is 0 Å². The van der Waals surface area contributed by atoms with Crippen molar-refractivity contribution in [2.75, 3.05) is 13.2 Å². The standard InChI is InChI=1S/C24H36N2O12/c27-9-15-21(33)23(35)19(31)13(37-15)5-17(29)25-7-11-1-2-12(4-3-11)8-26-18(30)6-14-20(32)24(36)22(34)16(10-28)38-14/h1-4,13-16,19-24,27-28,31-36H,5-10H2,(H,25,29)(H,26,30)/t13-,14-,15-,16-,19-,20-,21-,22-,23-,24-/m1/s1. The summed E-state index contributed by atoms with van der Waals surface area (Å²) in [5.41, 5.74) is 1.48. The van der Waals surface area contributed by atoms with E-state index in [9.17, 15) is 50.4 Å². The van der Waals surface area contributed by atoms with Gasteiger partial charge in [0.15, 0.2) is 0 Å². The maximum atomic E-state index is 12.3. The SMILES string of the molecule is O=C(C[C@H]1O[C@H](CO)[C@@H](O)[C@H](O)[C@@H]1O)NCc1ccc(CNC(=O)C[C@H]2O[C@H](CO)[C@@H](O)[C@H](O)[C@@H]2O)cc1.